The van der Waals surface area contributed by atoms with Crippen LogP contribution in [0.25, 0.3) is 0 Å². The maximum atomic E-state index is 11.8. The summed E-state index contributed by atoms with van der Waals surface area (Å²) in [7, 11) is 0. The Hall–Kier alpha value is -3.28. The minimum Gasteiger partial charge on any atom is -0.486 e. The molecule has 0 spiro atoms. The summed E-state index contributed by atoms with van der Waals surface area (Å²) in [5, 5.41) is 19.2. The van der Waals surface area contributed by atoms with Crippen LogP contribution in [0.3, 0.4) is 0 Å². The number of benzene rings is 2. The Morgan fingerprint density at radius 1 is 0.692 bits per heavy atom. The summed E-state index contributed by atoms with van der Waals surface area (Å²) >= 11 is 0. The largest absolute Gasteiger partial charge is 0.486 e. The third-order valence-corrected chi connectivity index (χ3v) is 3.68. The molecule has 0 bridgehead atoms. The topological polar surface area (TPSA) is 93.1 Å². The van der Waals surface area contributed by atoms with Crippen molar-refractivity contribution in [1.82, 2.24) is 0 Å². The first-order valence-electron chi connectivity index (χ1n) is 8.04. The number of aliphatic carboxylic acids is 2. The first kappa shape index (κ1) is 19.1. The second-order valence-corrected chi connectivity index (χ2v) is 5.58. The molecule has 136 valence electrons. The van der Waals surface area contributed by atoms with Gasteiger partial charge in [0, 0.05) is 0 Å². The lowest BCUT2D eigenvalue weighted by Gasteiger charge is -2.22. The summed E-state index contributed by atoms with van der Waals surface area (Å²) in [6.07, 6.45) is -1.97. The Kier molecular flexibility index (Phi) is 6.38. The smallest absolute Gasteiger partial charge is 0.336 e. The van der Waals surface area contributed by atoms with E-state index in [-0.39, 0.29) is 11.1 Å². The van der Waals surface area contributed by atoms with E-state index in [0.29, 0.717) is 11.5 Å². The van der Waals surface area contributed by atoms with E-state index in [1.165, 1.54) is 13.8 Å². The SMILES string of the molecule is CC(Oc1ccccc1)/C(C(=O)O)=C(\C(=O)O)C(C)Oc1ccccc1. The van der Waals surface area contributed by atoms with Crippen LogP contribution in [0, 0.1) is 0 Å². The lowest BCUT2D eigenvalue weighted by molar-refractivity contribution is -0.137. The van der Waals surface area contributed by atoms with Crippen molar-refractivity contribution in [3.63, 3.8) is 0 Å². The van der Waals surface area contributed by atoms with Crippen LogP contribution in [0.15, 0.2) is 71.8 Å². The van der Waals surface area contributed by atoms with Gasteiger partial charge in [0.1, 0.15) is 23.7 Å². The van der Waals surface area contributed by atoms with Gasteiger partial charge in [-0.3, -0.25) is 0 Å². The summed E-state index contributed by atoms with van der Waals surface area (Å²) < 4.78 is 11.2. The van der Waals surface area contributed by atoms with E-state index in [2.05, 4.69) is 0 Å². The normalized spacial score (nSPS) is 13.9. The molecular weight excluding hydrogens is 336 g/mol. The molecule has 0 aliphatic rings. The van der Waals surface area contributed by atoms with Crippen molar-refractivity contribution in [3.05, 3.63) is 71.8 Å². The van der Waals surface area contributed by atoms with Crippen molar-refractivity contribution in [2.45, 2.75) is 26.1 Å². The monoisotopic (exact) mass is 356 g/mol. The predicted molar refractivity (Wildman–Crippen MR) is 95.4 cm³/mol. The van der Waals surface area contributed by atoms with Crippen molar-refractivity contribution < 1.29 is 29.3 Å². The summed E-state index contributed by atoms with van der Waals surface area (Å²) in [5.41, 5.74) is -0.713. The van der Waals surface area contributed by atoms with Crippen LogP contribution < -0.4 is 9.47 Å². The summed E-state index contributed by atoms with van der Waals surface area (Å²) in [6.45, 7) is 2.99. The van der Waals surface area contributed by atoms with Crippen LogP contribution in [0.2, 0.25) is 0 Å². The number of hydrogen-bond acceptors (Lipinski definition) is 4. The highest BCUT2D eigenvalue weighted by atomic mass is 16.5. The van der Waals surface area contributed by atoms with Gasteiger partial charge in [0.05, 0.1) is 11.1 Å². The van der Waals surface area contributed by atoms with Crippen molar-refractivity contribution in [3.8, 4) is 11.5 Å². The molecule has 0 aliphatic heterocycles. The average molecular weight is 356 g/mol. The Labute approximate surface area is 151 Å². The molecule has 0 aromatic heterocycles. The molecule has 0 saturated heterocycles. The molecule has 2 atom stereocenters. The van der Waals surface area contributed by atoms with E-state index in [9.17, 15) is 19.8 Å². The molecule has 0 radical (unpaired) electrons. The number of ether oxygens (including phenoxy) is 2. The minimum atomic E-state index is -1.37. The van der Waals surface area contributed by atoms with Crippen LogP contribution in [0.1, 0.15) is 13.8 Å². The van der Waals surface area contributed by atoms with Crippen molar-refractivity contribution in [2.75, 3.05) is 0 Å². The molecule has 0 saturated carbocycles. The summed E-state index contributed by atoms with van der Waals surface area (Å²) in [6, 6.07) is 17.2. The Morgan fingerprint density at radius 3 is 1.27 bits per heavy atom. The summed E-state index contributed by atoms with van der Waals surface area (Å²) in [5.74, 6) is -1.84. The molecule has 6 nitrogen and oxygen atoms in total. The number of carboxylic acid groups (broad SMARTS) is 2. The Bertz CT molecular complexity index is 715. The number of carboxylic acids is 2. The van der Waals surface area contributed by atoms with Gasteiger partial charge in [-0.15, -0.1) is 0 Å². The van der Waals surface area contributed by atoms with E-state index >= 15 is 0 Å². The van der Waals surface area contributed by atoms with Gasteiger partial charge >= 0.3 is 11.9 Å². The lowest BCUT2D eigenvalue weighted by Crippen LogP contribution is -2.31. The fourth-order valence-corrected chi connectivity index (χ4v) is 2.54. The molecule has 6 heteroatoms. The van der Waals surface area contributed by atoms with Crippen LogP contribution >= 0.6 is 0 Å². The Balaban J connectivity index is 2.36. The van der Waals surface area contributed by atoms with Gasteiger partial charge in [0.2, 0.25) is 0 Å². The molecule has 2 N–H and O–H groups in total. The van der Waals surface area contributed by atoms with Crippen molar-refractivity contribution in [1.29, 1.82) is 0 Å². The zero-order chi connectivity index (χ0) is 19.1. The molecule has 2 unspecified atom stereocenters. The molecule has 2 aromatic rings. The zero-order valence-electron chi connectivity index (χ0n) is 14.5. The third-order valence-electron chi connectivity index (χ3n) is 3.68. The molecule has 0 heterocycles. The molecule has 0 amide bonds. The van der Waals surface area contributed by atoms with Crippen LogP contribution in [0.4, 0.5) is 0 Å². The number of para-hydroxylation sites is 2. The van der Waals surface area contributed by atoms with Gasteiger partial charge in [-0.05, 0) is 38.1 Å². The standard InChI is InChI=1S/C20H20O6/c1-13(25-15-9-5-3-6-10-15)17(19(21)22)18(20(23)24)14(2)26-16-11-7-4-8-12-16/h3-14H,1-2H3,(H,21,22)(H,23,24)/b18-17+. The highest BCUT2D eigenvalue weighted by molar-refractivity contribution is 6.00. The summed E-state index contributed by atoms with van der Waals surface area (Å²) in [4.78, 5) is 23.6. The number of rotatable bonds is 8. The van der Waals surface area contributed by atoms with Crippen LogP contribution in [-0.4, -0.2) is 34.4 Å². The van der Waals surface area contributed by atoms with Crippen molar-refractivity contribution >= 4 is 11.9 Å². The minimum absolute atomic E-state index is 0.357. The highest BCUT2D eigenvalue weighted by Gasteiger charge is 2.31. The third kappa shape index (κ3) is 4.86. The van der Waals surface area contributed by atoms with Gasteiger partial charge in [-0.1, -0.05) is 36.4 Å². The average Bonchev–Trinajstić information content (AvgIpc) is 2.60. The second kappa shape index (κ2) is 8.71. The van der Waals surface area contributed by atoms with Gasteiger partial charge < -0.3 is 19.7 Å². The molecule has 2 aromatic carbocycles. The van der Waals surface area contributed by atoms with E-state index in [4.69, 9.17) is 9.47 Å². The van der Waals surface area contributed by atoms with Gasteiger partial charge in [0.25, 0.3) is 0 Å². The molecule has 26 heavy (non-hydrogen) atoms. The van der Waals surface area contributed by atoms with E-state index in [0.717, 1.165) is 0 Å². The van der Waals surface area contributed by atoms with Crippen molar-refractivity contribution in [2.24, 2.45) is 0 Å². The number of carbonyl (C=O) groups is 2. The van der Waals surface area contributed by atoms with E-state index < -0.39 is 24.1 Å². The second-order valence-electron chi connectivity index (χ2n) is 5.58. The number of hydrogen-bond donors (Lipinski definition) is 2. The van der Waals surface area contributed by atoms with Crippen LogP contribution in [-0.2, 0) is 9.59 Å². The first-order chi connectivity index (χ1) is 12.4. The predicted octanol–water partition coefficient (Wildman–Crippen LogP) is 3.39. The fraction of sp³-hybridized carbons (Fsp3) is 0.200. The molecule has 0 aliphatic carbocycles. The Morgan fingerprint density at radius 2 is 1.00 bits per heavy atom. The molecule has 2 rings (SSSR count). The van der Waals surface area contributed by atoms with Gasteiger partial charge in [-0.25, -0.2) is 9.59 Å². The van der Waals surface area contributed by atoms with Gasteiger partial charge in [0.15, 0.2) is 0 Å². The molecular formula is C20H20O6. The van der Waals surface area contributed by atoms with Gasteiger partial charge in [-0.2, -0.15) is 0 Å². The van der Waals surface area contributed by atoms with E-state index in [1.54, 1.807) is 60.7 Å². The maximum absolute atomic E-state index is 11.8. The molecule has 0 fully saturated rings. The zero-order valence-corrected chi connectivity index (χ0v) is 14.5. The first-order valence-corrected chi connectivity index (χ1v) is 8.04. The maximum Gasteiger partial charge on any atom is 0.336 e. The quantitative estimate of drug-likeness (QED) is 0.704. The highest BCUT2D eigenvalue weighted by Crippen LogP contribution is 2.23. The van der Waals surface area contributed by atoms with E-state index in [1.807, 2.05) is 0 Å². The van der Waals surface area contributed by atoms with Crippen LogP contribution in [0.5, 0.6) is 11.5 Å². The fourth-order valence-electron chi connectivity index (χ4n) is 2.54. The lowest BCUT2D eigenvalue weighted by atomic mass is 9.99.